The summed E-state index contributed by atoms with van der Waals surface area (Å²) < 4.78 is 36.4. The lowest BCUT2D eigenvalue weighted by Crippen LogP contribution is -2.42. The van der Waals surface area contributed by atoms with Gasteiger partial charge in [0.25, 0.3) is 0 Å². The average Bonchev–Trinajstić information content (AvgIpc) is 2.44. The van der Waals surface area contributed by atoms with Crippen LogP contribution in [-0.2, 0) is 24.3 Å². The summed E-state index contributed by atoms with van der Waals surface area (Å²) in [5.41, 5.74) is -1.26. The molecule has 0 radical (unpaired) electrons. The Balaban J connectivity index is 2.80. The van der Waals surface area contributed by atoms with E-state index >= 15 is 0 Å². The molecule has 0 atom stereocenters. The summed E-state index contributed by atoms with van der Waals surface area (Å²) in [7, 11) is -2.55. The van der Waals surface area contributed by atoms with Gasteiger partial charge >= 0.3 is 12.1 Å². The van der Waals surface area contributed by atoms with Gasteiger partial charge in [-0.25, -0.2) is 22.7 Å². The molecule has 1 aliphatic carbocycles. The molecular weight excluding hydrogens is 346 g/mol. The summed E-state index contributed by atoms with van der Waals surface area (Å²) in [6.07, 6.45) is 6.80. The first-order valence-electron chi connectivity index (χ1n) is 8.45. The molecule has 1 aliphatic rings. The van der Waals surface area contributed by atoms with E-state index in [1.165, 1.54) is 13.2 Å². The minimum Gasteiger partial charge on any atom is -0.466 e. The minimum absolute atomic E-state index is 0.176. The number of methoxy groups -OCH3 is 1. The molecule has 7 nitrogen and oxygen atoms in total. The van der Waals surface area contributed by atoms with Crippen LogP contribution < -0.4 is 4.72 Å². The third-order valence-electron chi connectivity index (χ3n) is 4.05. The van der Waals surface area contributed by atoms with Crippen molar-refractivity contribution in [3.63, 3.8) is 0 Å². The van der Waals surface area contributed by atoms with Crippen molar-refractivity contribution in [2.24, 2.45) is 5.41 Å². The number of carbonyl (C=O) groups is 2. The summed E-state index contributed by atoms with van der Waals surface area (Å²) in [4.78, 5) is 23.0. The van der Waals surface area contributed by atoms with Gasteiger partial charge in [0.2, 0.25) is 10.0 Å². The first-order valence-corrected chi connectivity index (χ1v) is 10.1. The Kier molecular flexibility index (Phi) is 7.46. The van der Waals surface area contributed by atoms with E-state index in [1.807, 2.05) is 4.72 Å². The molecule has 0 aliphatic heterocycles. The zero-order chi connectivity index (χ0) is 19.1. The normalized spacial score (nSPS) is 17.9. The molecule has 1 fully saturated rings. The van der Waals surface area contributed by atoms with E-state index in [-0.39, 0.29) is 5.75 Å². The maximum atomic E-state index is 12.4. The van der Waals surface area contributed by atoms with Gasteiger partial charge in [-0.15, -0.1) is 0 Å². The number of allylic oxidation sites excluding steroid dienone is 1. The van der Waals surface area contributed by atoms with Gasteiger partial charge in [-0.3, -0.25) is 0 Å². The van der Waals surface area contributed by atoms with Gasteiger partial charge in [0, 0.05) is 6.08 Å². The Bertz CT molecular complexity index is 597. The van der Waals surface area contributed by atoms with Crippen LogP contribution in [0.15, 0.2) is 12.2 Å². The quantitative estimate of drug-likeness (QED) is 0.566. The SMILES string of the molecule is COC(=O)/C=C/CC1(CS(=O)(=O)NC(=O)OC(C)(C)C)CCCCC1. The second-order valence-corrected chi connectivity index (χ2v) is 9.28. The number of nitrogens with one attached hydrogen (secondary N) is 1. The second-order valence-electron chi connectivity index (χ2n) is 7.55. The average molecular weight is 375 g/mol. The van der Waals surface area contributed by atoms with Gasteiger partial charge in [-0.2, -0.15) is 0 Å². The van der Waals surface area contributed by atoms with Crippen LogP contribution in [0.3, 0.4) is 0 Å². The molecule has 0 aromatic rings. The van der Waals surface area contributed by atoms with E-state index in [4.69, 9.17) is 4.74 Å². The number of sulfonamides is 1. The fraction of sp³-hybridized carbons (Fsp3) is 0.765. The topological polar surface area (TPSA) is 98.8 Å². The van der Waals surface area contributed by atoms with Crippen molar-refractivity contribution in [3.05, 3.63) is 12.2 Å². The third kappa shape index (κ3) is 8.38. The standard InChI is InChI=1S/C17H29NO6S/c1-16(2,3)24-15(20)18-25(21,22)13-17(10-6-5-7-11-17)12-8-9-14(19)23-4/h8-9H,5-7,10-13H2,1-4H3,(H,18,20)/b9-8+. The van der Waals surface area contributed by atoms with E-state index in [0.29, 0.717) is 6.42 Å². The second kappa shape index (κ2) is 8.69. The van der Waals surface area contributed by atoms with Crippen LogP contribution in [0.4, 0.5) is 4.79 Å². The monoisotopic (exact) mass is 375 g/mol. The van der Waals surface area contributed by atoms with Gasteiger partial charge in [0.1, 0.15) is 5.60 Å². The highest BCUT2D eigenvalue weighted by atomic mass is 32.2. The summed E-state index contributed by atoms with van der Waals surface area (Å²) in [6, 6.07) is 0. The zero-order valence-electron chi connectivity index (χ0n) is 15.5. The molecule has 0 saturated heterocycles. The Morgan fingerprint density at radius 3 is 2.28 bits per heavy atom. The van der Waals surface area contributed by atoms with Crippen molar-refractivity contribution in [2.75, 3.05) is 12.9 Å². The van der Waals surface area contributed by atoms with Gasteiger partial charge in [0.15, 0.2) is 0 Å². The van der Waals surface area contributed by atoms with Crippen LogP contribution in [0.2, 0.25) is 0 Å². The molecule has 1 saturated carbocycles. The van der Waals surface area contributed by atoms with Crippen molar-refractivity contribution in [1.82, 2.24) is 4.72 Å². The van der Waals surface area contributed by atoms with E-state index < -0.39 is 33.1 Å². The van der Waals surface area contributed by atoms with Crippen LogP contribution in [0, 0.1) is 5.41 Å². The molecule has 0 bridgehead atoms. The number of esters is 1. The predicted molar refractivity (Wildman–Crippen MR) is 94.4 cm³/mol. The molecule has 8 heteroatoms. The molecule has 0 spiro atoms. The highest BCUT2D eigenvalue weighted by Crippen LogP contribution is 2.40. The highest BCUT2D eigenvalue weighted by Gasteiger charge is 2.37. The van der Waals surface area contributed by atoms with Crippen LogP contribution in [0.5, 0.6) is 0 Å². The Morgan fingerprint density at radius 2 is 1.76 bits per heavy atom. The van der Waals surface area contributed by atoms with Gasteiger partial charge in [0.05, 0.1) is 12.9 Å². The van der Waals surface area contributed by atoms with Crippen molar-refractivity contribution in [2.45, 2.75) is 64.9 Å². The molecule has 1 amide bonds. The molecule has 144 valence electrons. The lowest BCUT2D eigenvalue weighted by atomic mass is 9.73. The molecule has 0 heterocycles. The number of carbonyl (C=O) groups excluding carboxylic acids is 2. The van der Waals surface area contributed by atoms with Crippen LogP contribution >= 0.6 is 0 Å². The van der Waals surface area contributed by atoms with Gasteiger partial charge in [-0.1, -0.05) is 25.3 Å². The van der Waals surface area contributed by atoms with Gasteiger partial charge in [-0.05, 0) is 45.4 Å². The summed E-state index contributed by atoms with van der Waals surface area (Å²) in [5.74, 6) is -0.647. The zero-order valence-corrected chi connectivity index (χ0v) is 16.3. The smallest absolute Gasteiger partial charge is 0.421 e. The van der Waals surface area contributed by atoms with Crippen molar-refractivity contribution >= 4 is 22.1 Å². The molecule has 25 heavy (non-hydrogen) atoms. The fourth-order valence-electron chi connectivity index (χ4n) is 3.05. The van der Waals surface area contributed by atoms with Crippen LogP contribution in [0.1, 0.15) is 59.3 Å². The Morgan fingerprint density at radius 1 is 1.16 bits per heavy atom. The largest absolute Gasteiger partial charge is 0.466 e. The van der Waals surface area contributed by atoms with Crippen molar-refractivity contribution in [3.8, 4) is 0 Å². The molecule has 1 N–H and O–H groups in total. The molecule has 0 unspecified atom stereocenters. The maximum Gasteiger partial charge on any atom is 0.421 e. The van der Waals surface area contributed by atoms with E-state index in [0.717, 1.165) is 32.1 Å². The summed E-state index contributed by atoms with van der Waals surface area (Å²) in [6.45, 7) is 5.00. The number of hydrogen-bond acceptors (Lipinski definition) is 6. The first kappa shape index (κ1) is 21.5. The fourth-order valence-corrected chi connectivity index (χ4v) is 4.63. The number of ether oxygens (including phenoxy) is 2. The summed E-state index contributed by atoms with van der Waals surface area (Å²) >= 11 is 0. The lowest BCUT2D eigenvalue weighted by Gasteiger charge is -2.36. The van der Waals surface area contributed by atoms with E-state index in [9.17, 15) is 18.0 Å². The van der Waals surface area contributed by atoms with Crippen LogP contribution in [0.25, 0.3) is 0 Å². The summed E-state index contributed by atoms with van der Waals surface area (Å²) in [5, 5.41) is 0. The van der Waals surface area contributed by atoms with E-state index in [2.05, 4.69) is 4.74 Å². The number of amides is 1. The number of hydrogen-bond donors (Lipinski definition) is 1. The Hall–Kier alpha value is -1.57. The highest BCUT2D eigenvalue weighted by molar-refractivity contribution is 7.90. The first-order chi connectivity index (χ1) is 11.5. The van der Waals surface area contributed by atoms with Gasteiger partial charge < -0.3 is 9.47 Å². The molecule has 0 aromatic carbocycles. The molecule has 1 rings (SSSR count). The lowest BCUT2D eigenvalue weighted by molar-refractivity contribution is -0.134. The van der Waals surface area contributed by atoms with Crippen LogP contribution in [-0.4, -0.2) is 38.9 Å². The van der Waals surface area contributed by atoms with E-state index in [1.54, 1.807) is 26.8 Å². The van der Waals surface area contributed by atoms with Crippen molar-refractivity contribution < 1.29 is 27.5 Å². The maximum absolute atomic E-state index is 12.4. The number of rotatable bonds is 6. The Labute approximate surface area is 150 Å². The minimum atomic E-state index is -3.84. The molecule has 0 aromatic heterocycles. The molecular formula is C17H29NO6S. The third-order valence-corrected chi connectivity index (χ3v) is 5.52. The predicted octanol–water partition coefficient (Wildman–Crippen LogP) is 2.91. The van der Waals surface area contributed by atoms with Crippen molar-refractivity contribution in [1.29, 1.82) is 0 Å².